The lowest BCUT2D eigenvalue weighted by atomic mass is 10.1. The number of aryl methyl sites for hydroxylation is 1. The highest BCUT2D eigenvalue weighted by molar-refractivity contribution is 6.17. The van der Waals surface area contributed by atoms with Gasteiger partial charge in [0.15, 0.2) is 0 Å². The van der Waals surface area contributed by atoms with Gasteiger partial charge in [0.1, 0.15) is 5.75 Å². The highest BCUT2D eigenvalue weighted by atomic mass is 35.5. The molecular weight excluding hydrogens is 262 g/mol. The Labute approximate surface area is 119 Å². The summed E-state index contributed by atoms with van der Waals surface area (Å²) in [5.74, 6) is 0.644. The van der Waals surface area contributed by atoms with Gasteiger partial charge in [0, 0.05) is 18.5 Å². The number of phenolic OH excluding ortho intramolecular Hbond substituents is 1. The first-order chi connectivity index (χ1) is 9.13. The third kappa shape index (κ3) is 3.21. The fourth-order valence-corrected chi connectivity index (χ4v) is 2.85. The highest BCUT2D eigenvalue weighted by Crippen LogP contribution is 2.27. The molecule has 0 bridgehead atoms. The van der Waals surface area contributed by atoms with Gasteiger partial charge in [-0.2, -0.15) is 0 Å². The number of rotatable bonds is 4. The number of aromatic hydroxyl groups is 1. The van der Waals surface area contributed by atoms with Gasteiger partial charge in [-0.15, -0.1) is 11.6 Å². The number of hydrogen-bond donors (Lipinski definition) is 1. The number of amides is 1. The van der Waals surface area contributed by atoms with E-state index in [1.165, 1.54) is 0 Å². The van der Waals surface area contributed by atoms with Crippen LogP contribution >= 0.6 is 11.6 Å². The molecule has 1 aromatic rings. The second-order valence-electron chi connectivity index (χ2n) is 5.15. The average Bonchev–Trinajstić information content (AvgIpc) is 2.86. The molecule has 1 aliphatic rings. The van der Waals surface area contributed by atoms with Gasteiger partial charge >= 0.3 is 0 Å². The number of hydrogen-bond acceptors (Lipinski definition) is 2. The van der Waals surface area contributed by atoms with Crippen molar-refractivity contribution in [3.63, 3.8) is 0 Å². The zero-order chi connectivity index (χ0) is 13.8. The van der Waals surface area contributed by atoms with Crippen molar-refractivity contribution in [2.45, 2.75) is 38.6 Å². The monoisotopic (exact) mass is 281 g/mol. The molecule has 1 aromatic carbocycles. The minimum atomic E-state index is -0.0572. The normalized spacial score (nSPS) is 18.8. The molecule has 19 heavy (non-hydrogen) atoms. The van der Waals surface area contributed by atoms with Gasteiger partial charge in [-0.05, 0) is 44.7 Å². The van der Waals surface area contributed by atoms with Crippen LogP contribution in [0.4, 0.5) is 0 Å². The third-order valence-corrected chi connectivity index (χ3v) is 3.96. The van der Waals surface area contributed by atoms with Crippen LogP contribution in [-0.4, -0.2) is 34.4 Å². The van der Waals surface area contributed by atoms with Crippen molar-refractivity contribution in [1.82, 2.24) is 4.90 Å². The number of phenols is 1. The van der Waals surface area contributed by atoms with Gasteiger partial charge in [0.25, 0.3) is 5.91 Å². The van der Waals surface area contributed by atoms with Crippen molar-refractivity contribution in [1.29, 1.82) is 0 Å². The molecule has 3 nitrogen and oxygen atoms in total. The summed E-state index contributed by atoms with van der Waals surface area (Å²) < 4.78 is 0. The van der Waals surface area contributed by atoms with Crippen molar-refractivity contribution in [3.8, 4) is 5.75 Å². The Bertz CT molecular complexity index is 461. The lowest BCUT2D eigenvalue weighted by Crippen LogP contribution is -2.35. The van der Waals surface area contributed by atoms with Gasteiger partial charge in [0.2, 0.25) is 0 Å². The first kappa shape index (κ1) is 14.2. The molecule has 1 saturated heterocycles. The number of halogens is 1. The van der Waals surface area contributed by atoms with Gasteiger partial charge in [0.05, 0.1) is 5.56 Å². The van der Waals surface area contributed by atoms with E-state index in [1.807, 2.05) is 11.8 Å². The molecule has 0 spiro atoms. The largest absolute Gasteiger partial charge is 0.507 e. The van der Waals surface area contributed by atoms with Gasteiger partial charge in [-0.1, -0.05) is 11.6 Å². The molecule has 0 aromatic heterocycles. The van der Waals surface area contributed by atoms with Gasteiger partial charge in [-0.25, -0.2) is 0 Å². The molecule has 1 heterocycles. The van der Waals surface area contributed by atoms with Crippen molar-refractivity contribution in [2.24, 2.45) is 0 Å². The Morgan fingerprint density at radius 1 is 1.53 bits per heavy atom. The zero-order valence-electron chi connectivity index (χ0n) is 11.2. The van der Waals surface area contributed by atoms with Crippen LogP contribution in [0, 0.1) is 6.92 Å². The Morgan fingerprint density at radius 2 is 2.32 bits per heavy atom. The molecule has 1 unspecified atom stereocenters. The summed E-state index contributed by atoms with van der Waals surface area (Å²) in [7, 11) is 0. The maximum atomic E-state index is 12.5. The zero-order valence-corrected chi connectivity index (χ0v) is 12.0. The molecule has 104 valence electrons. The summed E-state index contributed by atoms with van der Waals surface area (Å²) in [5.41, 5.74) is 1.40. The Morgan fingerprint density at radius 3 is 3.05 bits per heavy atom. The Balaban J connectivity index is 2.16. The maximum Gasteiger partial charge on any atom is 0.257 e. The standard InChI is InChI=1S/C15H20ClNO2/c1-11-6-7-14(18)13(10-11)15(19)17-9-3-5-12(17)4-2-8-16/h6-7,10,12,18H,2-5,8-9H2,1H3. The van der Waals surface area contributed by atoms with E-state index in [0.717, 1.165) is 37.8 Å². The lowest BCUT2D eigenvalue weighted by molar-refractivity contribution is 0.0727. The van der Waals surface area contributed by atoms with E-state index in [9.17, 15) is 9.90 Å². The van der Waals surface area contributed by atoms with Crippen LogP contribution in [0.2, 0.25) is 0 Å². The van der Waals surface area contributed by atoms with Crippen molar-refractivity contribution in [3.05, 3.63) is 29.3 Å². The molecule has 1 atom stereocenters. The fourth-order valence-electron chi connectivity index (χ4n) is 2.69. The van der Waals surface area contributed by atoms with Crippen LogP contribution in [-0.2, 0) is 0 Å². The number of benzene rings is 1. The summed E-state index contributed by atoms with van der Waals surface area (Å²) in [4.78, 5) is 14.4. The highest BCUT2D eigenvalue weighted by Gasteiger charge is 2.30. The number of likely N-dealkylation sites (tertiary alicyclic amines) is 1. The number of carbonyl (C=O) groups is 1. The molecule has 1 fully saturated rings. The number of alkyl halides is 1. The second-order valence-corrected chi connectivity index (χ2v) is 5.52. The molecule has 1 aliphatic heterocycles. The van der Waals surface area contributed by atoms with Crippen LogP contribution < -0.4 is 0 Å². The van der Waals surface area contributed by atoms with E-state index in [1.54, 1.807) is 18.2 Å². The maximum absolute atomic E-state index is 12.5. The number of carbonyl (C=O) groups excluding carboxylic acids is 1. The van der Waals surface area contributed by atoms with Crippen LogP contribution in [0.5, 0.6) is 5.75 Å². The van der Waals surface area contributed by atoms with Gasteiger partial charge < -0.3 is 10.0 Å². The molecule has 0 radical (unpaired) electrons. The smallest absolute Gasteiger partial charge is 0.257 e. The predicted octanol–water partition coefficient (Wildman–Crippen LogP) is 3.32. The second kappa shape index (κ2) is 6.29. The van der Waals surface area contributed by atoms with E-state index in [2.05, 4.69) is 0 Å². The quantitative estimate of drug-likeness (QED) is 0.860. The van der Waals surface area contributed by atoms with Crippen LogP contribution in [0.25, 0.3) is 0 Å². The van der Waals surface area contributed by atoms with Crippen molar-refractivity contribution >= 4 is 17.5 Å². The lowest BCUT2D eigenvalue weighted by Gasteiger charge is -2.25. The molecular formula is C15H20ClNO2. The van der Waals surface area contributed by atoms with Crippen LogP contribution in [0.3, 0.4) is 0 Å². The van der Waals surface area contributed by atoms with Crippen LogP contribution in [0.15, 0.2) is 18.2 Å². The van der Waals surface area contributed by atoms with E-state index in [-0.39, 0.29) is 17.7 Å². The summed E-state index contributed by atoms with van der Waals surface area (Å²) in [6.07, 6.45) is 3.94. The predicted molar refractivity (Wildman–Crippen MR) is 76.9 cm³/mol. The van der Waals surface area contributed by atoms with Crippen molar-refractivity contribution in [2.75, 3.05) is 12.4 Å². The van der Waals surface area contributed by atoms with E-state index >= 15 is 0 Å². The summed E-state index contributed by atoms with van der Waals surface area (Å²) in [5, 5.41) is 9.86. The Kier molecular flexibility index (Phi) is 4.70. The molecule has 1 N–H and O–H groups in total. The molecule has 1 amide bonds. The molecule has 4 heteroatoms. The number of nitrogens with zero attached hydrogens (tertiary/aromatic N) is 1. The first-order valence-corrected chi connectivity index (χ1v) is 7.33. The van der Waals surface area contributed by atoms with Crippen LogP contribution in [0.1, 0.15) is 41.6 Å². The summed E-state index contributed by atoms with van der Waals surface area (Å²) in [6, 6.07) is 5.42. The SMILES string of the molecule is Cc1ccc(O)c(C(=O)N2CCCC2CCCCl)c1. The van der Waals surface area contributed by atoms with E-state index in [4.69, 9.17) is 11.6 Å². The molecule has 2 rings (SSSR count). The molecule has 0 saturated carbocycles. The topological polar surface area (TPSA) is 40.5 Å². The Hall–Kier alpha value is -1.22. The van der Waals surface area contributed by atoms with Gasteiger partial charge in [-0.3, -0.25) is 4.79 Å². The molecule has 0 aliphatic carbocycles. The first-order valence-electron chi connectivity index (χ1n) is 6.80. The summed E-state index contributed by atoms with van der Waals surface area (Å²) >= 11 is 5.73. The summed E-state index contributed by atoms with van der Waals surface area (Å²) in [6.45, 7) is 2.70. The van der Waals surface area contributed by atoms with Crippen molar-refractivity contribution < 1.29 is 9.90 Å². The minimum absolute atomic E-state index is 0.0572. The third-order valence-electron chi connectivity index (χ3n) is 3.69. The van der Waals surface area contributed by atoms with E-state index < -0.39 is 0 Å². The van der Waals surface area contributed by atoms with E-state index in [0.29, 0.717) is 11.4 Å². The fraction of sp³-hybridized carbons (Fsp3) is 0.533. The minimum Gasteiger partial charge on any atom is -0.507 e. The average molecular weight is 282 g/mol.